The maximum absolute atomic E-state index is 12.3. The Balaban J connectivity index is 2.09. The van der Waals surface area contributed by atoms with Crippen LogP contribution in [0.3, 0.4) is 0 Å². The Morgan fingerprint density at radius 1 is 1.32 bits per heavy atom. The van der Waals surface area contributed by atoms with Gasteiger partial charge in [-0.1, -0.05) is 18.9 Å². The summed E-state index contributed by atoms with van der Waals surface area (Å²) in [6.07, 6.45) is 4.94. The van der Waals surface area contributed by atoms with Crippen LogP contribution in [0, 0.1) is 13.8 Å². The Hall–Kier alpha value is -1.35. The third-order valence-electron chi connectivity index (χ3n) is 3.83. The molecule has 0 spiro atoms. The van der Waals surface area contributed by atoms with Gasteiger partial charge in [0.15, 0.2) is 5.78 Å². The average molecular weight is 261 g/mol. The fraction of sp³-hybridized carbons (Fsp3) is 0.562. The summed E-state index contributed by atoms with van der Waals surface area (Å²) in [4.78, 5) is 12.3. The minimum absolute atomic E-state index is 0.121. The number of carbonyl (C=O) groups excluding carboxylic acids is 1. The molecule has 2 rings (SSSR count). The second-order valence-corrected chi connectivity index (χ2v) is 5.45. The van der Waals surface area contributed by atoms with Crippen LogP contribution in [0.15, 0.2) is 12.1 Å². The molecule has 19 heavy (non-hydrogen) atoms. The van der Waals surface area contributed by atoms with Gasteiger partial charge >= 0.3 is 0 Å². The number of ketones is 1. The van der Waals surface area contributed by atoms with Crippen LogP contribution in [-0.2, 0) is 0 Å². The maximum atomic E-state index is 12.3. The van der Waals surface area contributed by atoms with Crippen molar-refractivity contribution in [2.24, 2.45) is 0 Å². The second-order valence-electron chi connectivity index (χ2n) is 5.45. The fourth-order valence-electron chi connectivity index (χ4n) is 2.89. The van der Waals surface area contributed by atoms with Crippen LogP contribution < -0.4 is 10.1 Å². The van der Waals surface area contributed by atoms with Crippen molar-refractivity contribution in [1.29, 1.82) is 0 Å². The zero-order chi connectivity index (χ0) is 13.8. The van der Waals surface area contributed by atoms with Gasteiger partial charge in [-0.25, -0.2) is 0 Å². The Bertz CT molecular complexity index is 462. The van der Waals surface area contributed by atoms with Crippen molar-refractivity contribution in [2.75, 3.05) is 13.7 Å². The number of Topliss-reactive ketones (excluding diaryl/α,β-unsaturated/α-hetero) is 1. The van der Waals surface area contributed by atoms with Crippen LogP contribution in [0.5, 0.6) is 5.75 Å². The van der Waals surface area contributed by atoms with E-state index in [0.29, 0.717) is 23.9 Å². The summed E-state index contributed by atoms with van der Waals surface area (Å²) in [7, 11) is 1.62. The Morgan fingerprint density at radius 2 is 2.00 bits per heavy atom. The molecule has 1 fully saturated rings. The van der Waals surface area contributed by atoms with Crippen LogP contribution in [0.25, 0.3) is 0 Å². The van der Waals surface area contributed by atoms with E-state index in [1.54, 1.807) is 7.11 Å². The lowest BCUT2D eigenvalue weighted by Gasteiger charge is -2.14. The topological polar surface area (TPSA) is 38.3 Å². The number of nitrogens with one attached hydrogen (secondary N) is 1. The molecule has 0 amide bonds. The minimum atomic E-state index is 0.121. The van der Waals surface area contributed by atoms with Gasteiger partial charge in [0.1, 0.15) is 5.75 Å². The SMILES string of the molecule is COc1c(C)cc(C)cc1C(=O)CNC1CCCC1. The highest BCUT2D eigenvalue weighted by Crippen LogP contribution is 2.25. The molecule has 1 aliphatic rings. The van der Waals surface area contributed by atoms with Crippen LogP contribution in [0.1, 0.15) is 47.2 Å². The molecule has 0 radical (unpaired) electrons. The number of aryl methyl sites for hydroxylation is 2. The van der Waals surface area contributed by atoms with Crippen LogP contribution >= 0.6 is 0 Å². The molecular formula is C16H23NO2. The summed E-state index contributed by atoms with van der Waals surface area (Å²) in [6, 6.07) is 4.48. The Kier molecular flexibility index (Phi) is 4.59. The summed E-state index contributed by atoms with van der Waals surface area (Å²) in [5.41, 5.74) is 2.82. The Labute approximate surface area is 115 Å². The van der Waals surface area contributed by atoms with E-state index >= 15 is 0 Å². The Morgan fingerprint density at radius 3 is 2.63 bits per heavy atom. The molecule has 1 aromatic carbocycles. The molecular weight excluding hydrogens is 238 g/mol. The van der Waals surface area contributed by atoms with Gasteiger partial charge in [0.05, 0.1) is 19.2 Å². The van der Waals surface area contributed by atoms with Gasteiger partial charge in [0, 0.05) is 6.04 Å². The maximum Gasteiger partial charge on any atom is 0.180 e. The van der Waals surface area contributed by atoms with Gasteiger partial charge in [-0.05, 0) is 43.9 Å². The van der Waals surface area contributed by atoms with Gasteiger partial charge in [0.2, 0.25) is 0 Å². The first-order chi connectivity index (χ1) is 9.11. The fourth-order valence-corrected chi connectivity index (χ4v) is 2.89. The zero-order valence-corrected chi connectivity index (χ0v) is 12.1. The van der Waals surface area contributed by atoms with Crippen LogP contribution in [-0.4, -0.2) is 25.5 Å². The molecule has 1 saturated carbocycles. The number of hydrogen-bond acceptors (Lipinski definition) is 3. The summed E-state index contributed by atoms with van der Waals surface area (Å²) < 4.78 is 5.38. The highest BCUT2D eigenvalue weighted by molar-refractivity contribution is 6.00. The highest BCUT2D eigenvalue weighted by atomic mass is 16.5. The molecule has 3 heteroatoms. The number of rotatable bonds is 5. The highest BCUT2D eigenvalue weighted by Gasteiger charge is 2.18. The van der Waals surface area contributed by atoms with Gasteiger partial charge in [-0.2, -0.15) is 0 Å². The summed E-state index contributed by atoms with van der Waals surface area (Å²) in [5.74, 6) is 0.833. The molecule has 0 bridgehead atoms. The van der Waals surface area contributed by atoms with E-state index in [2.05, 4.69) is 5.32 Å². The first kappa shape index (κ1) is 14.1. The van der Waals surface area contributed by atoms with E-state index in [0.717, 1.165) is 11.1 Å². The zero-order valence-electron chi connectivity index (χ0n) is 12.1. The lowest BCUT2D eigenvalue weighted by atomic mass is 10.0. The molecule has 0 aliphatic heterocycles. The molecule has 0 atom stereocenters. The number of ether oxygens (including phenoxy) is 1. The molecule has 0 aromatic heterocycles. The van der Waals surface area contributed by atoms with Crippen molar-refractivity contribution in [1.82, 2.24) is 5.32 Å². The molecule has 1 aliphatic carbocycles. The van der Waals surface area contributed by atoms with Crippen LogP contribution in [0.4, 0.5) is 0 Å². The third kappa shape index (κ3) is 3.35. The number of carbonyl (C=O) groups is 1. The quantitative estimate of drug-likeness (QED) is 0.828. The van der Waals surface area contributed by atoms with Crippen molar-refractivity contribution in [3.8, 4) is 5.75 Å². The van der Waals surface area contributed by atoms with E-state index in [9.17, 15) is 4.79 Å². The van der Waals surface area contributed by atoms with E-state index in [1.807, 2.05) is 26.0 Å². The second kappa shape index (κ2) is 6.20. The van der Waals surface area contributed by atoms with Gasteiger partial charge in [0.25, 0.3) is 0 Å². The smallest absolute Gasteiger partial charge is 0.180 e. The largest absolute Gasteiger partial charge is 0.496 e. The first-order valence-corrected chi connectivity index (χ1v) is 7.03. The third-order valence-corrected chi connectivity index (χ3v) is 3.83. The van der Waals surface area contributed by atoms with Gasteiger partial charge in [-0.3, -0.25) is 4.79 Å². The summed E-state index contributed by atoms with van der Waals surface area (Å²) >= 11 is 0. The standard InChI is InChI=1S/C16H23NO2/c1-11-8-12(2)16(19-3)14(9-11)15(18)10-17-13-6-4-5-7-13/h8-9,13,17H,4-7,10H2,1-3H3. The van der Waals surface area contributed by atoms with Gasteiger partial charge in [-0.15, -0.1) is 0 Å². The molecule has 0 saturated heterocycles. The molecule has 1 aromatic rings. The monoisotopic (exact) mass is 261 g/mol. The molecule has 0 heterocycles. The lowest BCUT2D eigenvalue weighted by Crippen LogP contribution is -2.31. The predicted molar refractivity (Wildman–Crippen MR) is 77.1 cm³/mol. The van der Waals surface area contributed by atoms with E-state index in [4.69, 9.17) is 4.74 Å². The molecule has 1 N–H and O–H groups in total. The summed E-state index contributed by atoms with van der Waals surface area (Å²) in [6.45, 7) is 4.39. The average Bonchev–Trinajstić information content (AvgIpc) is 2.88. The number of benzene rings is 1. The number of hydrogen-bond donors (Lipinski definition) is 1. The lowest BCUT2D eigenvalue weighted by molar-refractivity contribution is 0.0984. The van der Waals surface area contributed by atoms with Crippen molar-refractivity contribution in [3.63, 3.8) is 0 Å². The van der Waals surface area contributed by atoms with Crippen molar-refractivity contribution >= 4 is 5.78 Å². The van der Waals surface area contributed by atoms with Crippen molar-refractivity contribution in [3.05, 3.63) is 28.8 Å². The number of methoxy groups -OCH3 is 1. The minimum Gasteiger partial charge on any atom is -0.496 e. The molecule has 3 nitrogen and oxygen atoms in total. The van der Waals surface area contributed by atoms with Crippen molar-refractivity contribution in [2.45, 2.75) is 45.6 Å². The molecule has 0 unspecified atom stereocenters. The van der Waals surface area contributed by atoms with E-state index in [-0.39, 0.29) is 5.78 Å². The van der Waals surface area contributed by atoms with E-state index in [1.165, 1.54) is 25.7 Å². The predicted octanol–water partition coefficient (Wildman–Crippen LogP) is 3.03. The first-order valence-electron chi connectivity index (χ1n) is 7.03. The van der Waals surface area contributed by atoms with E-state index < -0.39 is 0 Å². The molecule has 104 valence electrons. The van der Waals surface area contributed by atoms with Gasteiger partial charge < -0.3 is 10.1 Å². The van der Waals surface area contributed by atoms with Crippen LogP contribution in [0.2, 0.25) is 0 Å². The normalized spacial score (nSPS) is 15.7. The van der Waals surface area contributed by atoms with Crippen molar-refractivity contribution < 1.29 is 9.53 Å². The summed E-state index contributed by atoms with van der Waals surface area (Å²) in [5, 5.41) is 3.36.